The molecule has 0 amide bonds. The van der Waals surface area contributed by atoms with E-state index in [0.29, 0.717) is 24.6 Å². The molecule has 0 aliphatic rings. The lowest BCUT2D eigenvalue weighted by molar-refractivity contribution is 0.0696. The van der Waals surface area contributed by atoms with Crippen LogP contribution >= 0.6 is 0 Å². The highest BCUT2D eigenvalue weighted by Crippen LogP contribution is 2.12. The molecular formula is C14H14N2O3. The molecular weight excluding hydrogens is 244 g/mol. The van der Waals surface area contributed by atoms with Gasteiger partial charge in [0, 0.05) is 30.1 Å². The lowest BCUT2D eigenvalue weighted by Crippen LogP contribution is -2.06. The number of hydrogen-bond donors (Lipinski definition) is 1. The van der Waals surface area contributed by atoms with Crippen molar-refractivity contribution in [3.8, 4) is 5.88 Å². The van der Waals surface area contributed by atoms with E-state index in [9.17, 15) is 4.79 Å². The number of pyridine rings is 2. The first kappa shape index (κ1) is 13.0. The number of carbonyl (C=O) groups is 1. The molecule has 0 saturated heterocycles. The summed E-state index contributed by atoms with van der Waals surface area (Å²) in [7, 11) is 0. The second kappa shape index (κ2) is 5.95. The fourth-order valence-corrected chi connectivity index (χ4v) is 1.64. The van der Waals surface area contributed by atoms with Gasteiger partial charge >= 0.3 is 5.97 Å². The van der Waals surface area contributed by atoms with Crippen LogP contribution in [-0.4, -0.2) is 27.7 Å². The molecule has 0 fully saturated rings. The van der Waals surface area contributed by atoms with Gasteiger partial charge in [-0.05, 0) is 25.1 Å². The topological polar surface area (TPSA) is 72.3 Å². The average molecular weight is 258 g/mol. The zero-order valence-corrected chi connectivity index (χ0v) is 10.5. The summed E-state index contributed by atoms with van der Waals surface area (Å²) in [5.74, 6) is -0.659. The van der Waals surface area contributed by atoms with Gasteiger partial charge in [0.2, 0.25) is 5.88 Å². The van der Waals surface area contributed by atoms with Gasteiger partial charge in [-0.3, -0.25) is 4.98 Å². The minimum absolute atomic E-state index is 0.181. The van der Waals surface area contributed by atoms with Gasteiger partial charge < -0.3 is 9.84 Å². The van der Waals surface area contributed by atoms with Crippen LogP contribution in [0.15, 0.2) is 36.5 Å². The molecule has 0 radical (unpaired) electrons. The highest BCUT2D eigenvalue weighted by Gasteiger charge is 2.07. The summed E-state index contributed by atoms with van der Waals surface area (Å²) < 4.78 is 5.47. The van der Waals surface area contributed by atoms with E-state index in [0.717, 1.165) is 5.69 Å². The molecule has 2 heterocycles. The number of hydrogen-bond acceptors (Lipinski definition) is 4. The van der Waals surface area contributed by atoms with E-state index in [1.165, 1.54) is 12.1 Å². The lowest BCUT2D eigenvalue weighted by Gasteiger charge is -2.06. The quantitative estimate of drug-likeness (QED) is 0.889. The molecule has 1 N–H and O–H groups in total. The van der Waals surface area contributed by atoms with Crippen molar-refractivity contribution < 1.29 is 14.6 Å². The summed E-state index contributed by atoms with van der Waals surface area (Å²) >= 11 is 0. The van der Waals surface area contributed by atoms with Gasteiger partial charge in [-0.2, -0.15) is 0 Å². The van der Waals surface area contributed by atoms with Crippen LogP contribution in [0.4, 0.5) is 0 Å². The Labute approximate surface area is 110 Å². The Bertz CT molecular complexity index is 570. The molecule has 19 heavy (non-hydrogen) atoms. The molecule has 5 nitrogen and oxygen atoms in total. The summed E-state index contributed by atoms with van der Waals surface area (Å²) in [5, 5.41) is 8.94. The lowest BCUT2D eigenvalue weighted by atomic mass is 10.2. The van der Waals surface area contributed by atoms with Crippen molar-refractivity contribution in [1.29, 1.82) is 0 Å². The van der Waals surface area contributed by atoms with Gasteiger partial charge in [-0.1, -0.05) is 6.07 Å². The fraction of sp³-hybridized carbons (Fsp3) is 0.214. The predicted octanol–water partition coefficient (Wildman–Crippen LogP) is 2.10. The van der Waals surface area contributed by atoms with E-state index in [-0.39, 0.29) is 5.56 Å². The van der Waals surface area contributed by atoms with Crippen LogP contribution in [0, 0.1) is 6.92 Å². The van der Waals surface area contributed by atoms with E-state index in [4.69, 9.17) is 9.84 Å². The Morgan fingerprint density at radius 3 is 2.89 bits per heavy atom. The van der Waals surface area contributed by atoms with Crippen molar-refractivity contribution in [2.75, 3.05) is 6.61 Å². The summed E-state index contributed by atoms with van der Waals surface area (Å²) in [4.78, 5) is 19.2. The number of rotatable bonds is 5. The van der Waals surface area contributed by atoms with Crippen molar-refractivity contribution in [2.45, 2.75) is 13.3 Å². The van der Waals surface area contributed by atoms with Crippen LogP contribution in [-0.2, 0) is 6.42 Å². The maximum Gasteiger partial charge on any atom is 0.335 e. The molecule has 5 heteroatoms. The Morgan fingerprint density at radius 2 is 2.21 bits per heavy atom. The number of nitrogens with zero attached hydrogens (tertiary/aromatic N) is 2. The largest absolute Gasteiger partial charge is 0.478 e. The van der Waals surface area contributed by atoms with Gasteiger partial charge in [-0.15, -0.1) is 0 Å². The molecule has 0 aliphatic heterocycles. The summed E-state index contributed by atoms with van der Waals surface area (Å²) in [6.07, 6.45) is 2.38. The number of aromatic nitrogens is 2. The highest BCUT2D eigenvalue weighted by molar-refractivity contribution is 5.87. The number of aromatic carboxylic acids is 1. The number of ether oxygens (including phenoxy) is 1. The molecule has 0 atom stereocenters. The second-order valence-corrected chi connectivity index (χ2v) is 4.06. The first-order valence-corrected chi connectivity index (χ1v) is 5.90. The molecule has 0 aromatic carbocycles. The van der Waals surface area contributed by atoms with Gasteiger partial charge in [0.1, 0.15) is 0 Å². The van der Waals surface area contributed by atoms with Gasteiger partial charge in [-0.25, -0.2) is 9.78 Å². The summed E-state index contributed by atoms with van der Waals surface area (Å²) in [5.41, 5.74) is 1.72. The van der Waals surface area contributed by atoms with E-state index < -0.39 is 5.97 Å². The molecule has 0 bridgehead atoms. The minimum atomic E-state index is -0.986. The number of aryl methyl sites for hydroxylation is 1. The van der Waals surface area contributed by atoms with Gasteiger partial charge in [0.15, 0.2) is 0 Å². The first-order chi connectivity index (χ1) is 9.15. The minimum Gasteiger partial charge on any atom is -0.478 e. The van der Waals surface area contributed by atoms with Crippen molar-refractivity contribution >= 4 is 5.97 Å². The zero-order valence-electron chi connectivity index (χ0n) is 10.5. The molecule has 0 aliphatic carbocycles. The third kappa shape index (κ3) is 3.77. The van der Waals surface area contributed by atoms with E-state index in [1.807, 2.05) is 18.2 Å². The third-order valence-corrected chi connectivity index (χ3v) is 2.51. The van der Waals surface area contributed by atoms with E-state index in [1.54, 1.807) is 13.1 Å². The Kier molecular flexibility index (Phi) is 4.07. The number of carboxylic acids is 1. The molecule has 2 aromatic rings. The zero-order chi connectivity index (χ0) is 13.7. The van der Waals surface area contributed by atoms with Crippen molar-refractivity contribution in [3.05, 3.63) is 53.5 Å². The Morgan fingerprint density at radius 1 is 1.37 bits per heavy atom. The van der Waals surface area contributed by atoms with E-state index >= 15 is 0 Å². The maximum absolute atomic E-state index is 10.9. The Hall–Kier alpha value is -2.43. The molecule has 2 aromatic heterocycles. The fourth-order valence-electron chi connectivity index (χ4n) is 1.64. The number of carboxylic acid groups (broad SMARTS) is 1. The second-order valence-electron chi connectivity index (χ2n) is 4.06. The van der Waals surface area contributed by atoms with Crippen LogP contribution in [0.1, 0.15) is 21.7 Å². The monoisotopic (exact) mass is 258 g/mol. The average Bonchev–Trinajstić information content (AvgIpc) is 2.39. The van der Waals surface area contributed by atoms with Crippen LogP contribution in [0.25, 0.3) is 0 Å². The van der Waals surface area contributed by atoms with Crippen LogP contribution in [0.2, 0.25) is 0 Å². The van der Waals surface area contributed by atoms with Crippen LogP contribution in [0.3, 0.4) is 0 Å². The molecule has 2 rings (SSSR count). The Balaban J connectivity index is 1.98. The SMILES string of the molecule is Cc1cc(C(=O)O)cc(OCCc2ccccn2)n1. The van der Waals surface area contributed by atoms with E-state index in [2.05, 4.69) is 9.97 Å². The molecule has 0 unspecified atom stereocenters. The third-order valence-electron chi connectivity index (χ3n) is 2.51. The van der Waals surface area contributed by atoms with Crippen molar-refractivity contribution in [1.82, 2.24) is 9.97 Å². The summed E-state index contributed by atoms with van der Waals surface area (Å²) in [6, 6.07) is 8.61. The molecule has 0 saturated carbocycles. The van der Waals surface area contributed by atoms with Crippen molar-refractivity contribution in [2.24, 2.45) is 0 Å². The molecule has 0 spiro atoms. The predicted molar refractivity (Wildman–Crippen MR) is 69.4 cm³/mol. The summed E-state index contributed by atoms with van der Waals surface area (Å²) in [6.45, 7) is 2.14. The maximum atomic E-state index is 10.9. The molecule has 98 valence electrons. The van der Waals surface area contributed by atoms with Crippen molar-refractivity contribution in [3.63, 3.8) is 0 Å². The van der Waals surface area contributed by atoms with Crippen LogP contribution in [0.5, 0.6) is 5.88 Å². The first-order valence-electron chi connectivity index (χ1n) is 5.90. The normalized spacial score (nSPS) is 10.2. The van der Waals surface area contributed by atoms with Gasteiger partial charge in [0.25, 0.3) is 0 Å². The van der Waals surface area contributed by atoms with Gasteiger partial charge in [0.05, 0.1) is 12.2 Å². The van der Waals surface area contributed by atoms with Crippen LogP contribution < -0.4 is 4.74 Å². The smallest absolute Gasteiger partial charge is 0.335 e. The standard InChI is InChI=1S/C14H14N2O3/c1-10-8-11(14(17)18)9-13(16-10)19-7-5-12-4-2-3-6-15-12/h2-4,6,8-9H,5,7H2,1H3,(H,17,18). The highest BCUT2D eigenvalue weighted by atomic mass is 16.5.